The highest BCUT2D eigenvalue weighted by Crippen LogP contribution is 2.30. The Hall–Kier alpha value is -2.78. The number of hydrogen-bond acceptors (Lipinski definition) is 3. The highest BCUT2D eigenvalue weighted by Gasteiger charge is 2.18. The summed E-state index contributed by atoms with van der Waals surface area (Å²) in [6, 6.07) is 23.1. The molecule has 4 rings (SSSR count). The van der Waals surface area contributed by atoms with Crippen LogP contribution in [0.25, 0.3) is 11.1 Å². The Morgan fingerprint density at radius 3 is 2.32 bits per heavy atom. The second-order valence-electron chi connectivity index (χ2n) is 8.16. The van der Waals surface area contributed by atoms with Crippen LogP contribution in [0.2, 0.25) is 0 Å². The van der Waals surface area contributed by atoms with Crippen LogP contribution in [0.4, 0.5) is 0 Å². The number of aryl methyl sites for hydroxylation is 1. The van der Waals surface area contributed by atoms with Crippen LogP contribution in [-0.2, 0) is 19.4 Å². The topological polar surface area (TPSA) is 44.5 Å². The van der Waals surface area contributed by atoms with Gasteiger partial charge in [-0.15, -0.1) is 0 Å². The number of hydrogen-bond donors (Lipinski definition) is 1. The van der Waals surface area contributed by atoms with E-state index in [1.807, 2.05) is 12.1 Å². The van der Waals surface area contributed by atoms with E-state index in [2.05, 4.69) is 68.4 Å². The average molecular weight is 418 g/mol. The van der Waals surface area contributed by atoms with E-state index < -0.39 is 0 Å². The van der Waals surface area contributed by atoms with Gasteiger partial charge in [-0.25, -0.2) is 0 Å². The lowest BCUT2D eigenvalue weighted by Gasteiger charge is -2.24. The van der Waals surface area contributed by atoms with Gasteiger partial charge in [-0.3, -0.25) is 0 Å². The van der Waals surface area contributed by atoms with Gasteiger partial charge in [-0.2, -0.15) is 0 Å². The summed E-state index contributed by atoms with van der Waals surface area (Å²) in [5, 5.41) is 0. The molecule has 1 aliphatic carbocycles. The summed E-state index contributed by atoms with van der Waals surface area (Å²) in [7, 11) is 1.69. The summed E-state index contributed by atoms with van der Waals surface area (Å²) in [6.45, 7) is 5.58. The highest BCUT2D eigenvalue weighted by atomic mass is 16.5. The number of methoxy groups -OCH3 is 1. The van der Waals surface area contributed by atoms with E-state index >= 15 is 0 Å². The summed E-state index contributed by atoms with van der Waals surface area (Å²) in [5.41, 5.74) is 12.2. The molecule has 3 aromatic carbocycles. The van der Waals surface area contributed by atoms with Crippen molar-refractivity contribution in [2.24, 2.45) is 11.7 Å². The van der Waals surface area contributed by atoms with Crippen LogP contribution >= 0.6 is 0 Å². The van der Waals surface area contributed by atoms with E-state index in [1.54, 1.807) is 7.11 Å². The lowest BCUT2D eigenvalue weighted by atomic mass is 9.84. The summed E-state index contributed by atoms with van der Waals surface area (Å²) < 4.78 is 11.4. The Morgan fingerprint density at radius 2 is 1.61 bits per heavy atom. The minimum absolute atomic E-state index is 0.548. The molecule has 0 spiro atoms. The molecular formula is C28H35NO2. The minimum atomic E-state index is 0.548. The molecular weight excluding hydrogens is 382 g/mol. The standard InChI is InChI=1S/C25H27NO2.C3H8/c1-27-23-11-8-19(9-12-23)25-5-3-2-4-22(25)17-28-24-13-10-20-14-18(16-26)6-7-21(20)15-24;1-3-2/h2-5,8-13,15,18H,6-7,14,16-17,26H2,1H3;3H2,1-2H3. The van der Waals surface area contributed by atoms with Crippen LogP contribution in [-0.4, -0.2) is 13.7 Å². The quantitative estimate of drug-likeness (QED) is 0.503. The molecule has 0 fully saturated rings. The molecule has 0 radical (unpaired) electrons. The second kappa shape index (κ2) is 11.6. The van der Waals surface area contributed by atoms with Gasteiger partial charge in [-0.05, 0) is 83.8 Å². The van der Waals surface area contributed by atoms with Crippen molar-refractivity contribution in [1.82, 2.24) is 0 Å². The Morgan fingerprint density at radius 1 is 0.903 bits per heavy atom. The SMILES string of the molecule is CCC.COc1ccc(-c2ccccc2COc2ccc3c(c2)CCC(CN)C3)cc1. The van der Waals surface area contributed by atoms with Crippen LogP contribution in [0.3, 0.4) is 0 Å². The van der Waals surface area contributed by atoms with Gasteiger partial charge in [0.25, 0.3) is 0 Å². The van der Waals surface area contributed by atoms with E-state index in [4.69, 9.17) is 15.2 Å². The molecule has 3 aromatic rings. The zero-order valence-electron chi connectivity index (χ0n) is 19.1. The molecule has 2 N–H and O–H groups in total. The number of benzene rings is 3. The van der Waals surface area contributed by atoms with Crippen LogP contribution in [0.1, 0.15) is 43.4 Å². The van der Waals surface area contributed by atoms with Crippen molar-refractivity contribution >= 4 is 0 Å². The lowest BCUT2D eigenvalue weighted by molar-refractivity contribution is 0.306. The predicted octanol–water partition coefficient (Wildman–Crippen LogP) is 6.42. The fraction of sp³-hybridized carbons (Fsp3) is 0.357. The van der Waals surface area contributed by atoms with Gasteiger partial charge in [0.05, 0.1) is 7.11 Å². The van der Waals surface area contributed by atoms with E-state index in [1.165, 1.54) is 40.7 Å². The van der Waals surface area contributed by atoms with Crippen molar-refractivity contribution in [3.63, 3.8) is 0 Å². The first-order chi connectivity index (χ1) is 15.2. The van der Waals surface area contributed by atoms with E-state index in [0.717, 1.165) is 30.9 Å². The smallest absolute Gasteiger partial charge is 0.120 e. The van der Waals surface area contributed by atoms with Crippen LogP contribution < -0.4 is 15.2 Å². The zero-order chi connectivity index (χ0) is 22.1. The largest absolute Gasteiger partial charge is 0.497 e. The Kier molecular flexibility index (Phi) is 8.54. The third-order valence-electron chi connectivity index (χ3n) is 5.65. The number of rotatable bonds is 6. The maximum atomic E-state index is 6.17. The lowest BCUT2D eigenvalue weighted by Crippen LogP contribution is -2.22. The summed E-state index contributed by atoms with van der Waals surface area (Å²) in [6.07, 6.45) is 4.61. The average Bonchev–Trinajstić information content (AvgIpc) is 2.83. The third-order valence-corrected chi connectivity index (χ3v) is 5.65. The first kappa shape index (κ1) is 22.9. The molecule has 0 heterocycles. The van der Waals surface area contributed by atoms with Crippen molar-refractivity contribution in [2.45, 2.75) is 46.1 Å². The van der Waals surface area contributed by atoms with Crippen LogP contribution in [0.5, 0.6) is 11.5 Å². The fourth-order valence-corrected chi connectivity index (χ4v) is 3.96. The fourth-order valence-electron chi connectivity index (χ4n) is 3.96. The molecule has 3 heteroatoms. The van der Waals surface area contributed by atoms with Gasteiger partial charge in [0, 0.05) is 0 Å². The Balaban J connectivity index is 0.000000858. The van der Waals surface area contributed by atoms with Crippen LogP contribution in [0, 0.1) is 5.92 Å². The van der Waals surface area contributed by atoms with Crippen molar-refractivity contribution in [1.29, 1.82) is 0 Å². The minimum Gasteiger partial charge on any atom is -0.497 e. The molecule has 0 saturated heterocycles. The van der Waals surface area contributed by atoms with E-state index in [0.29, 0.717) is 12.5 Å². The zero-order valence-corrected chi connectivity index (χ0v) is 19.1. The van der Waals surface area contributed by atoms with Gasteiger partial charge in [0.15, 0.2) is 0 Å². The molecule has 0 amide bonds. The Bertz CT molecular complexity index is 949. The number of ether oxygens (including phenoxy) is 2. The summed E-state index contributed by atoms with van der Waals surface area (Å²) in [4.78, 5) is 0. The molecule has 164 valence electrons. The molecule has 31 heavy (non-hydrogen) atoms. The molecule has 0 aromatic heterocycles. The maximum absolute atomic E-state index is 6.17. The maximum Gasteiger partial charge on any atom is 0.120 e. The summed E-state index contributed by atoms with van der Waals surface area (Å²) >= 11 is 0. The molecule has 0 aliphatic heterocycles. The molecule has 0 saturated carbocycles. The van der Waals surface area contributed by atoms with Gasteiger partial charge < -0.3 is 15.2 Å². The normalized spacial score (nSPS) is 14.8. The number of fused-ring (bicyclic) bond motifs is 1. The molecule has 3 nitrogen and oxygen atoms in total. The first-order valence-electron chi connectivity index (χ1n) is 11.3. The molecule has 1 atom stereocenters. The van der Waals surface area contributed by atoms with Crippen LogP contribution in [0.15, 0.2) is 66.7 Å². The third kappa shape index (κ3) is 6.11. The molecule has 0 bridgehead atoms. The highest BCUT2D eigenvalue weighted by molar-refractivity contribution is 5.67. The van der Waals surface area contributed by atoms with Gasteiger partial charge >= 0.3 is 0 Å². The molecule has 1 aliphatic rings. The first-order valence-corrected chi connectivity index (χ1v) is 11.3. The van der Waals surface area contributed by atoms with E-state index in [-0.39, 0.29) is 0 Å². The van der Waals surface area contributed by atoms with Gasteiger partial charge in [-0.1, -0.05) is 62.7 Å². The monoisotopic (exact) mass is 417 g/mol. The predicted molar refractivity (Wildman–Crippen MR) is 130 cm³/mol. The summed E-state index contributed by atoms with van der Waals surface area (Å²) in [5.74, 6) is 2.42. The Labute approximate surface area is 187 Å². The number of nitrogens with two attached hydrogens (primary N) is 1. The van der Waals surface area contributed by atoms with Crippen molar-refractivity contribution < 1.29 is 9.47 Å². The van der Waals surface area contributed by atoms with Crippen molar-refractivity contribution in [2.75, 3.05) is 13.7 Å². The van der Waals surface area contributed by atoms with Gasteiger partial charge in [0.2, 0.25) is 0 Å². The molecule has 1 unspecified atom stereocenters. The van der Waals surface area contributed by atoms with Crippen molar-refractivity contribution in [3.05, 3.63) is 83.4 Å². The van der Waals surface area contributed by atoms with Gasteiger partial charge in [0.1, 0.15) is 18.1 Å². The second-order valence-corrected chi connectivity index (χ2v) is 8.16. The van der Waals surface area contributed by atoms with E-state index in [9.17, 15) is 0 Å². The van der Waals surface area contributed by atoms with Crippen molar-refractivity contribution in [3.8, 4) is 22.6 Å².